The predicted molar refractivity (Wildman–Crippen MR) is 83.7 cm³/mol. The molecule has 0 bridgehead atoms. The van der Waals surface area contributed by atoms with Crippen molar-refractivity contribution in [2.45, 2.75) is 19.3 Å². The van der Waals surface area contributed by atoms with E-state index in [-0.39, 0.29) is 0 Å². The molecule has 0 aromatic heterocycles. The van der Waals surface area contributed by atoms with Gasteiger partial charge >= 0.3 is 0 Å². The summed E-state index contributed by atoms with van der Waals surface area (Å²) in [6, 6.07) is 14.7. The highest BCUT2D eigenvalue weighted by molar-refractivity contribution is 6.17. The second-order valence-electron chi connectivity index (χ2n) is 5.14. The molecule has 1 aliphatic rings. The highest BCUT2D eigenvalue weighted by Gasteiger charge is 2.17. The summed E-state index contributed by atoms with van der Waals surface area (Å²) in [4.78, 5) is 2.35. The molecule has 1 aliphatic heterocycles. The molecule has 20 heavy (non-hydrogen) atoms. The number of ether oxygens (including phenoxy) is 1. The van der Waals surface area contributed by atoms with Crippen LogP contribution < -0.4 is 9.64 Å². The second kappa shape index (κ2) is 5.76. The highest BCUT2D eigenvalue weighted by Crippen LogP contribution is 2.29. The number of alkyl halides is 1. The van der Waals surface area contributed by atoms with Gasteiger partial charge in [-0.2, -0.15) is 0 Å². The van der Waals surface area contributed by atoms with Crippen molar-refractivity contribution in [3.05, 3.63) is 59.2 Å². The van der Waals surface area contributed by atoms with Gasteiger partial charge in [0.05, 0.1) is 6.54 Å². The molecular weight excluding hydrogens is 270 g/mol. The maximum atomic E-state index is 6.11. The molecule has 0 radical (unpaired) electrons. The van der Waals surface area contributed by atoms with Crippen molar-refractivity contribution in [1.29, 1.82) is 0 Å². The van der Waals surface area contributed by atoms with Crippen LogP contribution in [0, 0.1) is 6.92 Å². The molecule has 0 spiro atoms. The Morgan fingerprint density at radius 2 is 2.05 bits per heavy atom. The van der Waals surface area contributed by atoms with Crippen molar-refractivity contribution < 1.29 is 4.74 Å². The lowest BCUT2D eigenvalue weighted by atomic mass is 10.1. The zero-order chi connectivity index (χ0) is 13.9. The third-order valence-corrected chi connectivity index (χ3v) is 3.96. The zero-order valence-electron chi connectivity index (χ0n) is 11.6. The molecule has 0 unspecified atom stereocenters. The monoisotopic (exact) mass is 287 g/mol. The quantitative estimate of drug-likeness (QED) is 0.770. The summed E-state index contributed by atoms with van der Waals surface area (Å²) in [6.07, 6.45) is 0. The lowest BCUT2D eigenvalue weighted by molar-refractivity contribution is 0.331. The van der Waals surface area contributed by atoms with E-state index in [0.29, 0.717) is 12.5 Å². The molecule has 0 aliphatic carbocycles. The van der Waals surface area contributed by atoms with E-state index < -0.39 is 0 Å². The van der Waals surface area contributed by atoms with Gasteiger partial charge in [0.15, 0.2) is 0 Å². The lowest BCUT2D eigenvalue weighted by Gasteiger charge is -2.24. The van der Waals surface area contributed by atoms with E-state index in [2.05, 4.69) is 42.2 Å². The Morgan fingerprint density at radius 3 is 2.90 bits per heavy atom. The largest absolute Gasteiger partial charge is 0.491 e. The standard InChI is InChI=1S/C17H18ClNO/c1-13-6-7-16(15(10-13)11-18)19-8-9-20-17-5-3-2-4-14(17)12-19/h2-7,10H,8-9,11-12H2,1H3. The van der Waals surface area contributed by atoms with Crippen LogP contribution in [-0.4, -0.2) is 13.2 Å². The van der Waals surface area contributed by atoms with E-state index >= 15 is 0 Å². The van der Waals surface area contributed by atoms with E-state index in [1.807, 2.05) is 12.1 Å². The number of hydrogen-bond acceptors (Lipinski definition) is 2. The van der Waals surface area contributed by atoms with Crippen molar-refractivity contribution in [2.24, 2.45) is 0 Å². The maximum absolute atomic E-state index is 6.11. The van der Waals surface area contributed by atoms with Crippen LogP contribution in [0.3, 0.4) is 0 Å². The van der Waals surface area contributed by atoms with Crippen molar-refractivity contribution in [3.8, 4) is 5.75 Å². The molecule has 2 aromatic rings. The van der Waals surface area contributed by atoms with E-state index in [1.165, 1.54) is 22.4 Å². The van der Waals surface area contributed by atoms with Gasteiger partial charge in [0.1, 0.15) is 12.4 Å². The third-order valence-electron chi connectivity index (χ3n) is 3.67. The number of halogens is 1. The molecule has 2 nitrogen and oxygen atoms in total. The van der Waals surface area contributed by atoms with Crippen LogP contribution in [0.5, 0.6) is 5.75 Å². The Morgan fingerprint density at radius 1 is 1.20 bits per heavy atom. The van der Waals surface area contributed by atoms with Crippen molar-refractivity contribution in [2.75, 3.05) is 18.1 Å². The Balaban J connectivity index is 1.95. The van der Waals surface area contributed by atoms with Gasteiger partial charge < -0.3 is 9.64 Å². The number of benzene rings is 2. The molecule has 0 atom stereocenters. The minimum atomic E-state index is 0.538. The normalized spacial score (nSPS) is 14.4. The fraction of sp³-hybridized carbons (Fsp3) is 0.294. The van der Waals surface area contributed by atoms with Crippen molar-refractivity contribution in [3.63, 3.8) is 0 Å². The number of hydrogen-bond donors (Lipinski definition) is 0. The van der Waals surface area contributed by atoms with Crippen LogP contribution in [0.2, 0.25) is 0 Å². The first-order chi connectivity index (χ1) is 9.78. The fourth-order valence-electron chi connectivity index (χ4n) is 2.66. The van der Waals surface area contributed by atoms with Gasteiger partial charge in [0, 0.05) is 23.7 Å². The third kappa shape index (κ3) is 2.61. The maximum Gasteiger partial charge on any atom is 0.124 e. The summed E-state index contributed by atoms with van der Waals surface area (Å²) >= 11 is 6.11. The first kappa shape index (κ1) is 13.3. The van der Waals surface area contributed by atoms with E-state index in [9.17, 15) is 0 Å². The zero-order valence-corrected chi connectivity index (χ0v) is 12.4. The average molecular weight is 288 g/mol. The summed E-state index contributed by atoms with van der Waals surface area (Å²) in [6.45, 7) is 4.54. The number of nitrogens with zero attached hydrogens (tertiary/aromatic N) is 1. The number of anilines is 1. The Kier molecular flexibility index (Phi) is 3.83. The number of aryl methyl sites for hydroxylation is 1. The fourth-order valence-corrected chi connectivity index (χ4v) is 2.88. The van der Waals surface area contributed by atoms with Crippen LogP contribution in [0.1, 0.15) is 16.7 Å². The van der Waals surface area contributed by atoms with Crippen molar-refractivity contribution in [1.82, 2.24) is 0 Å². The number of rotatable bonds is 2. The predicted octanol–water partition coefficient (Wildman–Crippen LogP) is 4.13. The minimum Gasteiger partial charge on any atom is -0.491 e. The topological polar surface area (TPSA) is 12.5 Å². The molecule has 2 aromatic carbocycles. The Hall–Kier alpha value is -1.67. The molecule has 0 N–H and O–H groups in total. The Bertz CT molecular complexity index is 612. The van der Waals surface area contributed by atoms with Gasteiger partial charge in [-0.25, -0.2) is 0 Å². The van der Waals surface area contributed by atoms with Crippen molar-refractivity contribution >= 4 is 17.3 Å². The molecule has 0 saturated carbocycles. The van der Waals surface area contributed by atoms with Crippen LogP contribution in [0.15, 0.2) is 42.5 Å². The molecule has 0 saturated heterocycles. The summed E-state index contributed by atoms with van der Waals surface area (Å²) in [7, 11) is 0. The summed E-state index contributed by atoms with van der Waals surface area (Å²) in [5.74, 6) is 1.53. The summed E-state index contributed by atoms with van der Waals surface area (Å²) in [5.41, 5.74) is 4.87. The minimum absolute atomic E-state index is 0.538. The molecule has 1 heterocycles. The summed E-state index contributed by atoms with van der Waals surface area (Å²) < 4.78 is 5.82. The smallest absolute Gasteiger partial charge is 0.124 e. The average Bonchev–Trinajstić information content (AvgIpc) is 2.69. The van der Waals surface area contributed by atoms with E-state index in [1.54, 1.807) is 0 Å². The molecule has 0 amide bonds. The molecular formula is C17H18ClNO. The molecule has 104 valence electrons. The van der Waals surface area contributed by atoms with Crippen LogP contribution >= 0.6 is 11.6 Å². The van der Waals surface area contributed by atoms with Gasteiger partial charge in [-0.3, -0.25) is 0 Å². The van der Waals surface area contributed by atoms with Gasteiger partial charge in [0.25, 0.3) is 0 Å². The molecule has 0 fully saturated rings. The lowest BCUT2D eigenvalue weighted by Crippen LogP contribution is -2.26. The van der Waals surface area contributed by atoms with Gasteiger partial charge in [0.2, 0.25) is 0 Å². The summed E-state index contributed by atoms with van der Waals surface area (Å²) in [5, 5.41) is 0. The van der Waals surface area contributed by atoms with Crippen LogP contribution in [0.25, 0.3) is 0 Å². The second-order valence-corrected chi connectivity index (χ2v) is 5.41. The SMILES string of the molecule is Cc1ccc(N2CCOc3ccccc3C2)c(CCl)c1. The van der Waals surface area contributed by atoms with Gasteiger partial charge in [-0.1, -0.05) is 35.9 Å². The van der Waals surface area contributed by atoms with Gasteiger partial charge in [-0.15, -0.1) is 11.6 Å². The van der Waals surface area contributed by atoms with Crippen LogP contribution in [-0.2, 0) is 12.4 Å². The molecule has 3 heteroatoms. The van der Waals surface area contributed by atoms with E-state index in [0.717, 1.165) is 18.8 Å². The first-order valence-electron chi connectivity index (χ1n) is 6.89. The van der Waals surface area contributed by atoms with Crippen LogP contribution in [0.4, 0.5) is 5.69 Å². The molecule has 3 rings (SSSR count). The highest BCUT2D eigenvalue weighted by atomic mass is 35.5. The Labute approximate surface area is 124 Å². The van der Waals surface area contributed by atoms with E-state index in [4.69, 9.17) is 16.3 Å². The first-order valence-corrected chi connectivity index (χ1v) is 7.42. The number of fused-ring (bicyclic) bond motifs is 1. The van der Waals surface area contributed by atoms with Gasteiger partial charge in [-0.05, 0) is 24.6 Å². The number of para-hydroxylation sites is 1.